The molecule has 0 aliphatic carbocycles. The molecule has 0 saturated carbocycles. The number of carboxylic acids is 1. The maximum atomic E-state index is 11.8. The van der Waals surface area contributed by atoms with Crippen LogP contribution in [0, 0.1) is 0 Å². The van der Waals surface area contributed by atoms with Crippen LogP contribution in [0.2, 0.25) is 0 Å². The maximum absolute atomic E-state index is 11.8. The van der Waals surface area contributed by atoms with E-state index in [2.05, 4.69) is 10.6 Å². The molecule has 0 spiro atoms. The molecule has 7 nitrogen and oxygen atoms in total. The first kappa shape index (κ1) is 13.0. The number of hydrogen-bond acceptors (Lipinski definition) is 4. The van der Waals surface area contributed by atoms with Gasteiger partial charge in [0.1, 0.15) is 6.04 Å². The Morgan fingerprint density at radius 2 is 2.33 bits per heavy atom. The predicted octanol–water partition coefficient (Wildman–Crippen LogP) is -0.566. The summed E-state index contributed by atoms with van der Waals surface area (Å²) in [5.41, 5.74) is 0. The Bertz CT molecular complexity index is 376. The van der Waals surface area contributed by atoms with Gasteiger partial charge >= 0.3 is 12.0 Å². The number of nitrogens with one attached hydrogen (secondary N) is 2. The molecule has 0 aromatic rings. The number of nitrogens with zero attached hydrogens (tertiary/aromatic N) is 1. The Morgan fingerprint density at radius 3 is 2.94 bits per heavy atom. The number of hydrogen-bond donors (Lipinski definition) is 3. The molecule has 0 aromatic heterocycles. The van der Waals surface area contributed by atoms with E-state index in [1.165, 1.54) is 16.7 Å². The zero-order valence-corrected chi connectivity index (χ0v) is 10.5. The quantitative estimate of drug-likeness (QED) is 0.640. The van der Waals surface area contributed by atoms with E-state index in [0.29, 0.717) is 31.0 Å². The fraction of sp³-hybridized carbons (Fsp3) is 0.700. The summed E-state index contributed by atoms with van der Waals surface area (Å²) in [5.74, 6) is -0.179. The molecule has 3 amide bonds. The molecule has 0 radical (unpaired) electrons. The Hall–Kier alpha value is -1.44. The molecule has 2 atom stereocenters. The average Bonchev–Trinajstić information content (AvgIpc) is 2.94. The molecule has 2 saturated heterocycles. The molecule has 2 fully saturated rings. The van der Waals surface area contributed by atoms with Gasteiger partial charge in [0.2, 0.25) is 5.91 Å². The smallest absolute Gasteiger partial charge is 0.327 e. The summed E-state index contributed by atoms with van der Waals surface area (Å²) in [4.78, 5) is 35.0. The van der Waals surface area contributed by atoms with E-state index in [0.717, 1.165) is 0 Å². The molecule has 2 heterocycles. The standard InChI is InChI=1S/C10H15N3O4S/c14-8-2-1-6(12-8)3-11-10(17)13-5-18-4-7(13)9(15)16/h6-7H,1-5H2,(H,11,17)(H,12,14)(H,15,16). The van der Waals surface area contributed by atoms with Crippen LogP contribution in [0.5, 0.6) is 0 Å². The molecule has 2 aliphatic rings. The van der Waals surface area contributed by atoms with Gasteiger partial charge in [0.15, 0.2) is 0 Å². The normalized spacial score (nSPS) is 27.1. The van der Waals surface area contributed by atoms with E-state index in [-0.39, 0.29) is 18.0 Å². The van der Waals surface area contributed by atoms with Gasteiger partial charge in [-0.2, -0.15) is 0 Å². The Morgan fingerprint density at radius 1 is 1.56 bits per heavy atom. The highest BCUT2D eigenvalue weighted by Crippen LogP contribution is 2.20. The molecule has 3 N–H and O–H groups in total. The van der Waals surface area contributed by atoms with Crippen LogP contribution in [0.25, 0.3) is 0 Å². The monoisotopic (exact) mass is 273 g/mol. The van der Waals surface area contributed by atoms with Gasteiger partial charge in [0, 0.05) is 24.8 Å². The predicted molar refractivity (Wildman–Crippen MR) is 65.2 cm³/mol. The number of amides is 3. The van der Waals surface area contributed by atoms with E-state index in [1.54, 1.807) is 0 Å². The summed E-state index contributed by atoms with van der Waals surface area (Å²) in [7, 11) is 0. The van der Waals surface area contributed by atoms with Crippen LogP contribution >= 0.6 is 11.8 Å². The highest BCUT2D eigenvalue weighted by Gasteiger charge is 2.34. The zero-order chi connectivity index (χ0) is 13.1. The number of carbonyl (C=O) groups is 3. The van der Waals surface area contributed by atoms with Crippen molar-refractivity contribution in [2.45, 2.75) is 24.9 Å². The first-order valence-electron chi connectivity index (χ1n) is 5.72. The van der Waals surface area contributed by atoms with E-state index in [4.69, 9.17) is 5.11 Å². The minimum absolute atomic E-state index is 0.00519. The summed E-state index contributed by atoms with van der Waals surface area (Å²) in [5, 5.41) is 14.4. The Labute approximate surface area is 108 Å². The van der Waals surface area contributed by atoms with Crippen LogP contribution in [0.1, 0.15) is 12.8 Å². The van der Waals surface area contributed by atoms with Gasteiger partial charge in [0.25, 0.3) is 0 Å². The number of rotatable bonds is 3. The second-order valence-corrected chi connectivity index (χ2v) is 5.31. The third-order valence-electron chi connectivity index (χ3n) is 3.01. The first-order valence-corrected chi connectivity index (χ1v) is 6.88. The summed E-state index contributed by atoms with van der Waals surface area (Å²) < 4.78 is 0. The van der Waals surface area contributed by atoms with Gasteiger partial charge < -0.3 is 20.6 Å². The third-order valence-corrected chi connectivity index (χ3v) is 4.03. The van der Waals surface area contributed by atoms with Crippen molar-refractivity contribution in [3.05, 3.63) is 0 Å². The van der Waals surface area contributed by atoms with Gasteiger partial charge in [-0.05, 0) is 6.42 Å². The maximum Gasteiger partial charge on any atom is 0.327 e. The van der Waals surface area contributed by atoms with Crippen LogP contribution in [0.3, 0.4) is 0 Å². The average molecular weight is 273 g/mol. The summed E-state index contributed by atoms with van der Waals surface area (Å²) in [6, 6.07) is -1.18. The van der Waals surface area contributed by atoms with Gasteiger partial charge in [-0.25, -0.2) is 9.59 Å². The van der Waals surface area contributed by atoms with E-state index in [9.17, 15) is 14.4 Å². The SMILES string of the molecule is O=C1CCC(CNC(=O)N2CSCC2C(=O)O)N1. The van der Waals surface area contributed by atoms with E-state index in [1.807, 2.05) is 0 Å². The van der Waals surface area contributed by atoms with Crippen molar-refractivity contribution in [1.29, 1.82) is 0 Å². The molecule has 8 heteroatoms. The highest BCUT2D eigenvalue weighted by atomic mass is 32.2. The van der Waals surface area contributed by atoms with Crippen molar-refractivity contribution in [3.8, 4) is 0 Å². The minimum atomic E-state index is -0.982. The van der Waals surface area contributed by atoms with Crippen LogP contribution in [0.15, 0.2) is 0 Å². The van der Waals surface area contributed by atoms with Gasteiger partial charge in [-0.3, -0.25) is 4.79 Å². The molecule has 2 aliphatic heterocycles. The summed E-state index contributed by atoms with van der Waals surface area (Å²) in [6.45, 7) is 0.345. The van der Waals surface area contributed by atoms with Crippen molar-refractivity contribution in [1.82, 2.24) is 15.5 Å². The second-order valence-electron chi connectivity index (χ2n) is 4.31. The summed E-state index contributed by atoms with van der Waals surface area (Å²) >= 11 is 1.42. The molecular weight excluding hydrogens is 258 g/mol. The lowest BCUT2D eigenvalue weighted by molar-refractivity contribution is -0.140. The lowest BCUT2D eigenvalue weighted by atomic mass is 10.2. The van der Waals surface area contributed by atoms with Crippen molar-refractivity contribution < 1.29 is 19.5 Å². The van der Waals surface area contributed by atoms with Gasteiger partial charge in [-0.15, -0.1) is 11.8 Å². The van der Waals surface area contributed by atoms with Crippen molar-refractivity contribution >= 4 is 29.7 Å². The zero-order valence-electron chi connectivity index (χ0n) is 9.72. The number of thioether (sulfide) groups is 1. The van der Waals surface area contributed by atoms with Crippen molar-refractivity contribution in [3.63, 3.8) is 0 Å². The lowest BCUT2D eigenvalue weighted by Gasteiger charge is -2.22. The fourth-order valence-electron chi connectivity index (χ4n) is 1.99. The number of aliphatic carboxylic acids is 1. The Kier molecular flexibility index (Phi) is 3.95. The molecule has 18 heavy (non-hydrogen) atoms. The number of urea groups is 1. The topological polar surface area (TPSA) is 98.7 Å². The van der Waals surface area contributed by atoms with E-state index < -0.39 is 12.0 Å². The van der Waals surface area contributed by atoms with Crippen molar-refractivity contribution in [2.24, 2.45) is 0 Å². The lowest BCUT2D eigenvalue weighted by Crippen LogP contribution is -2.49. The van der Waals surface area contributed by atoms with Crippen molar-refractivity contribution in [2.75, 3.05) is 18.2 Å². The summed E-state index contributed by atoms with van der Waals surface area (Å²) in [6.07, 6.45) is 1.19. The largest absolute Gasteiger partial charge is 0.480 e. The van der Waals surface area contributed by atoms with Crippen LogP contribution in [-0.2, 0) is 9.59 Å². The molecule has 0 aromatic carbocycles. The molecule has 2 unspecified atom stereocenters. The third kappa shape index (κ3) is 2.87. The van der Waals surface area contributed by atoms with Gasteiger partial charge in [-0.1, -0.05) is 0 Å². The number of carboxylic acid groups (broad SMARTS) is 1. The molecule has 0 bridgehead atoms. The molecule has 100 valence electrons. The van der Waals surface area contributed by atoms with Gasteiger partial charge in [0.05, 0.1) is 5.88 Å². The van der Waals surface area contributed by atoms with E-state index >= 15 is 0 Å². The van der Waals surface area contributed by atoms with Crippen LogP contribution in [-0.4, -0.2) is 58.2 Å². The highest BCUT2D eigenvalue weighted by molar-refractivity contribution is 7.99. The molecule has 2 rings (SSSR count). The second kappa shape index (κ2) is 5.47. The Balaban J connectivity index is 1.80. The number of carbonyl (C=O) groups excluding carboxylic acids is 2. The molecular formula is C10H15N3O4S. The fourth-order valence-corrected chi connectivity index (χ4v) is 3.13. The minimum Gasteiger partial charge on any atom is -0.480 e. The van der Waals surface area contributed by atoms with Crippen LogP contribution < -0.4 is 10.6 Å². The first-order chi connectivity index (χ1) is 8.58. The van der Waals surface area contributed by atoms with Crippen LogP contribution in [0.4, 0.5) is 4.79 Å².